The molecule has 1 amide bonds. The fourth-order valence-electron chi connectivity index (χ4n) is 2.45. The van der Waals surface area contributed by atoms with Gasteiger partial charge in [-0.2, -0.15) is 0 Å². The van der Waals surface area contributed by atoms with E-state index >= 15 is 0 Å². The molecule has 1 aliphatic heterocycles. The molecule has 1 saturated heterocycles. The van der Waals surface area contributed by atoms with Crippen LogP contribution in [0.25, 0.3) is 0 Å². The van der Waals surface area contributed by atoms with Crippen molar-refractivity contribution in [1.82, 2.24) is 10.6 Å². The van der Waals surface area contributed by atoms with Crippen molar-refractivity contribution in [2.24, 2.45) is 5.41 Å². The number of rotatable bonds is 3. The van der Waals surface area contributed by atoms with Gasteiger partial charge < -0.3 is 10.6 Å². The fourth-order valence-corrected chi connectivity index (χ4v) is 2.45. The summed E-state index contributed by atoms with van der Waals surface area (Å²) in [5.74, 6) is -2.28. The summed E-state index contributed by atoms with van der Waals surface area (Å²) in [5, 5.41) is 5.92. The lowest BCUT2D eigenvalue weighted by Crippen LogP contribution is -2.43. The van der Waals surface area contributed by atoms with Crippen LogP contribution in [0.3, 0.4) is 0 Å². The van der Waals surface area contributed by atoms with Crippen LogP contribution in [0.4, 0.5) is 8.78 Å². The van der Waals surface area contributed by atoms with Crippen LogP contribution in [-0.2, 0) is 0 Å². The zero-order valence-electron chi connectivity index (χ0n) is 11.9. The number of aryl methyl sites for hydroxylation is 1. The maximum atomic E-state index is 13.9. The standard InChI is InChI=1S/C15H20F2N2O/c1-10-3-4-11(16)12(13(10)17)14(20)19-9-15(2)5-7-18-8-6-15/h3-4,18H,5-9H2,1-2H3,(H,19,20). The fraction of sp³-hybridized carbons (Fsp3) is 0.533. The smallest absolute Gasteiger partial charge is 0.257 e. The molecule has 20 heavy (non-hydrogen) atoms. The molecule has 1 heterocycles. The molecule has 0 aliphatic carbocycles. The van der Waals surface area contributed by atoms with Crippen LogP contribution < -0.4 is 10.6 Å². The van der Waals surface area contributed by atoms with E-state index in [2.05, 4.69) is 17.6 Å². The number of piperidine rings is 1. The molecule has 3 nitrogen and oxygen atoms in total. The molecule has 0 bridgehead atoms. The maximum Gasteiger partial charge on any atom is 0.257 e. The Morgan fingerprint density at radius 1 is 1.35 bits per heavy atom. The quantitative estimate of drug-likeness (QED) is 0.894. The highest BCUT2D eigenvalue weighted by Gasteiger charge is 2.28. The summed E-state index contributed by atoms with van der Waals surface area (Å²) < 4.78 is 27.5. The summed E-state index contributed by atoms with van der Waals surface area (Å²) >= 11 is 0. The Balaban J connectivity index is 2.07. The molecule has 5 heteroatoms. The highest BCUT2D eigenvalue weighted by atomic mass is 19.1. The number of nitrogens with one attached hydrogen (secondary N) is 2. The number of benzene rings is 1. The van der Waals surface area contributed by atoms with E-state index in [9.17, 15) is 13.6 Å². The summed E-state index contributed by atoms with van der Waals surface area (Å²) in [6, 6.07) is 2.45. The van der Waals surface area contributed by atoms with Gasteiger partial charge in [0.25, 0.3) is 5.91 Å². The average molecular weight is 282 g/mol. The predicted molar refractivity (Wildman–Crippen MR) is 73.6 cm³/mol. The number of hydrogen-bond acceptors (Lipinski definition) is 2. The third-order valence-electron chi connectivity index (χ3n) is 4.00. The number of carbonyl (C=O) groups is 1. The summed E-state index contributed by atoms with van der Waals surface area (Å²) in [6.45, 7) is 5.83. The maximum absolute atomic E-state index is 13.9. The second-order valence-corrected chi connectivity index (χ2v) is 5.80. The van der Waals surface area contributed by atoms with Crippen LogP contribution >= 0.6 is 0 Å². The summed E-state index contributed by atoms with van der Waals surface area (Å²) in [4.78, 5) is 12.0. The van der Waals surface area contributed by atoms with Crippen molar-refractivity contribution in [2.45, 2.75) is 26.7 Å². The normalized spacial score (nSPS) is 17.8. The molecule has 2 N–H and O–H groups in total. The van der Waals surface area contributed by atoms with Gasteiger partial charge in [0, 0.05) is 6.54 Å². The Hall–Kier alpha value is -1.49. The third kappa shape index (κ3) is 3.15. The molecule has 2 rings (SSSR count). The van der Waals surface area contributed by atoms with E-state index < -0.39 is 23.1 Å². The molecule has 1 fully saturated rings. The van der Waals surface area contributed by atoms with E-state index in [0.717, 1.165) is 32.0 Å². The second-order valence-electron chi connectivity index (χ2n) is 5.80. The van der Waals surface area contributed by atoms with Crippen molar-refractivity contribution < 1.29 is 13.6 Å². The number of carbonyl (C=O) groups excluding carboxylic acids is 1. The predicted octanol–water partition coefficient (Wildman–Crippen LogP) is 2.39. The molecular weight excluding hydrogens is 262 g/mol. The molecule has 0 spiro atoms. The molecular formula is C15H20F2N2O. The third-order valence-corrected chi connectivity index (χ3v) is 4.00. The van der Waals surface area contributed by atoms with Gasteiger partial charge in [0.1, 0.15) is 17.2 Å². The van der Waals surface area contributed by atoms with Gasteiger partial charge in [-0.1, -0.05) is 13.0 Å². The molecule has 0 unspecified atom stereocenters. The summed E-state index contributed by atoms with van der Waals surface area (Å²) in [6.07, 6.45) is 1.87. The highest BCUT2D eigenvalue weighted by molar-refractivity contribution is 5.95. The second kappa shape index (κ2) is 5.87. The van der Waals surface area contributed by atoms with Crippen LogP contribution in [0.5, 0.6) is 0 Å². The first-order valence-electron chi connectivity index (χ1n) is 6.86. The van der Waals surface area contributed by atoms with E-state index in [1.165, 1.54) is 13.0 Å². The van der Waals surface area contributed by atoms with Gasteiger partial charge in [-0.05, 0) is 49.9 Å². The first-order valence-corrected chi connectivity index (χ1v) is 6.86. The van der Waals surface area contributed by atoms with Crippen molar-refractivity contribution in [2.75, 3.05) is 19.6 Å². The molecule has 1 aromatic carbocycles. The lowest BCUT2D eigenvalue weighted by Gasteiger charge is -2.34. The number of halogens is 2. The monoisotopic (exact) mass is 282 g/mol. The van der Waals surface area contributed by atoms with Gasteiger partial charge in [-0.3, -0.25) is 4.79 Å². The Morgan fingerprint density at radius 2 is 2.00 bits per heavy atom. The van der Waals surface area contributed by atoms with Gasteiger partial charge in [-0.25, -0.2) is 8.78 Å². The van der Waals surface area contributed by atoms with Gasteiger partial charge >= 0.3 is 0 Å². The Morgan fingerprint density at radius 3 is 2.65 bits per heavy atom. The van der Waals surface area contributed by atoms with Gasteiger partial charge in [0.15, 0.2) is 0 Å². The molecule has 0 atom stereocenters. The van der Waals surface area contributed by atoms with Gasteiger partial charge in [0.2, 0.25) is 0 Å². The van der Waals surface area contributed by atoms with Gasteiger partial charge in [0.05, 0.1) is 0 Å². The number of hydrogen-bond donors (Lipinski definition) is 2. The van der Waals surface area contributed by atoms with Crippen molar-refractivity contribution in [3.8, 4) is 0 Å². The lowest BCUT2D eigenvalue weighted by atomic mass is 9.81. The molecule has 0 aromatic heterocycles. The highest BCUT2D eigenvalue weighted by Crippen LogP contribution is 2.27. The van der Waals surface area contributed by atoms with E-state index in [4.69, 9.17) is 0 Å². The van der Waals surface area contributed by atoms with E-state index in [1.807, 2.05) is 0 Å². The van der Waals surface area contributed by atoms with Gasteiger partial charge in [-0.15, -0.1) is 0 Å². The number of amides is 1. The summed E-state index contributed by atoms with van der Waals surface area (Å²) in [7, 11) is 0. The van der Waals surface area contributed by atoms with Crippen LogP contribution in [0.1, 0.15) is 35.7 Å². The van der Waals surface area contributed by atoms with Crippen LogP contribution in [-0.4, -0.2) is 25.5 Å². The van der Waals surface area contributed by atoms with Crippen LogP contribution in [0.15, 0.2) is 12.1 Å². The van der Waals surface area contributed by atoms with E-state index in [1.54, 1.807) is 0 Å². The molecule has 0 saturated carbocycles. The first-order chi connectivity index (χ1) is 9.43. The van der Waals surface area contributed by atoms with Crippen molar-refractivity contribution in [3.05, 3.63) is 34.9 Å². The first kappa shape index (κ1) is 14.9. The van der Waals surface area contributed by atoms with Crippen molar-refractivity contribution in [3.63, 3.8) is 0 Å². The van der Waals surface area contributed by atoms with Crippen LogP contribution in [0, 0.1) is 24.0 Å². The minimum Gasteiger partial charge on any atom is -0.351 e. The summed E-state index contributed by atoms with van der Waals surface area (Å²) in [5.41, 5.74) is -0.232. The minimum absolute atomic E-state index is 0.0162. The largest absolute Gasteiger partial charge is 0.351 e. The minimum atomic E-state index is -0.818. The molecule has 1 aliphatic rings. The van der Waals surface area contributed by atoms with Crippen molar-refractivity contribution >= 4 is 5.91 Å². The van der Waals surface area contributed by atoms with Crippen LogP contribution in [0.2, 0.25) is 0 Å². The Labute approximate surface area is 117 Å². The molecule has 110 valence electrons. The Bertz CT molecular complexity index is 511. The SMILES string of the molecule is Cc1ccc(F)c(C(=O)NCC2(C)CCNCC2)c1F. The molecule has 0 radical (unpaired) electrons. The zero-order chi connectivity index (χ0) is 14.8. The topological polar surface area (TPSA) is 41.1 Å². The average Bonchev–Trinajstić information content (AvgIpc) is 2.42. The van der Waals surface area contributed by atoms with Crippen molar-refractivity contribution in [1.29, 1.82) is 0 Å². The van der Waals surface area contributed by atoms with E-state index in [0.29, 0.717) is 6.54 Å². The zero-order valence-corrected chi connectivity index (χ0v) is 11.9. The Kier molecular flexibility index (Phi) is 4.38. The molecule has 1 aromatic rings. The van der Waals surface area contributed by atoms with E-state index in [-0.39, 0.29) is 11.0 Å². The lowest BCUT2D eigenvalue weighted by molar-refractivity contribution is 0.0913.